The Morgan fingerprint density at radius 2 is 1.58 bits per heavy atom. The van der Waals surface area contributed by atoms with Crippen molar-refractivity contribution < 1.29 is 19.1 Å². The second kappa shape index (κ2) is 9.98. The van der Waals surface area contributed by atoms with E-state index in [-0.39, 0.29) is 18.6 Å². The number of ether oxygens (including phenoxy) is 2. The number of benzene rings is 3. The van der Waals surface area contributed by atoms with E-state index in [1.807, 2.05) is 60.7 Å². The van der Waals surface area contributed by atoms with Crippen molar-refractivity contribution in [2.45, 2.75) is 12.8 Å². The maximum Gasteiger partial charge on any atom is 0.415 e. The minimum Gasteiger partial charge on any atom is -0.484 e. The van der Waals surface area contributed by atoms with Crippen molar-refractivity contribution in [1.82, 2.24) is 10.2 Å². The van der Waals surface area contributed by atoms with Gasteiger partial charge in [0.2, 0.25) is 0 Å². The van der Waals surface area contributed by atoms with Gasteiger partial charge < -0.3 is 19.7 Å². The molecule has 2 amide bonds. The fourth-order valence-electron chi connectivity index (χ4n) is 3.69. The molecule has 160 valence electrons. The third-order valence-corrected chi connectivity index (χ3v) is 5.50. The minimum absolute atomic E-state index is 0.0133. The van der Waals surface area contributed by atoms with E-state index in [2.05, 4.69) is 5.32 Å². The monoisotopic (exact) mass is 418 g/mol. The first-order valence-corrected chi connectivity index (χ1v) is 10.6. The second-order valence-corrected chi connectivity index (χ2v) is 7.71. The number of hydrogen-bond donors (Lipinski definition) is 1. The van der Waals surface area contributed by atoms with Gasteiger partial charge in [-0.3, -0.25) is 4.79 Å². The number of likely N-dealkylation sites (tertiary alicyclic amines) is 1. The Kier molecular flexibility index (Phi) is 6.67. The summed E-state index contributed by atoms with van der Waals surface area (Å²) in [4.78, 5) is 26.2. The van der Waals surface area contributed by atoms with Crippen LogP contribution >= 0.6 is 0 Å². The lowest BCUT2D eigenvalue weighted by Gasteiger charge is -2.31. The predicted molar refractivity (Wildman–Crippen MR) is 119 cm³/mol. The van der Waals surface area contributed by atoms with E-state index >= 15 is 0 Å². The molecule has 3 aromatic rings. The quantitative estimate of drug-likeness (QED) is 0.650. The molecule has 4 rings (SSSR count). The van der Waals surface area contributed by atoms with Crippen LogP contribution in [0.25, 0.3) is 10.8 Å². The fraction of sp³-hybridized carbons (Fsp3) is 0.280. The number of piperidine rings is 1. The number of amides is 2. The molecule has 0 aliphatic carbocycles. The molecule has 1 aliphatic rings. The Balaban J connectivity index is 1.16. The summed E-state index contributed by atoms with van der Waals surface area (Å²) < 4.78 is 11.0. The maximum atomic E-state index is 12.3. The molecule has 0 saturated carbocycles. The third-order valence-electron chi connectivity index (χ3n) is 5.50. The van der Waals surface area contributed by atoms with Crippen molar-refractivity contribution in [3.05, 3.63) is 72.8 Å². The molecule has 1 fully saturated rings. The summed E-state index contributed by atoms with van der Waals surface area (Å²) in [6.07, 6.45) is 1.34. The van der Waals surface area contributed by atoms with Gasteiger partial charge in [0.25, 0.3) is 5.91 Å². The number of nitrogens with zero attached hydrogens (tertiary/aromatic N) is 1. The highest BCUT2D eigenvalue weighted by atomic mass is 16.6. The number of carbonyl (C=O) groups is 2. The fourth-order valence-corrected chi connectivity index (χ4v) is 3.69. The van der Waals surface area contributed by atoms with E-state index in [9.17, 15) is 9.59 Å². The van der Waals surface area contributed by atoms with Crippen LogP contribution in [0.4, 0.5) is 4.79 Å². The van der Waals surface area contributed by atoms with Crippen molar-refractivity contribution in [3.63, 3.8) is 0 Å². The van der Waals surface area contributed by atoms with Gasteiger partial charge in [0.15, 0.2) is 6.61 Å². The average molecular weight is 418 g/mol. The Morgan fingerprint density at radius 1 is 0.871 bits per heavy atom. The number of hydrogen-bond acceptors (Lipinski definition) is 4. The van der Waals surface area contributed by atoms with Gasteiger partial charge >= 0.3 is 6.09 Å². The van der Waals surface area contributed by atoms with E-state index < -0.39 is 0 Å². The summed E-state index contributed by atoms with van der Waals surface area (Å²) in [6.45, 7) is 1.82. The highest BCUT2D eigenvalue weighted by Gasteiger charge is 2.24. The molecule has 3 aromatic carbocycles. The molecule has 0 aromatic heterocycles. The molecule has 0 radical (unpaired) electrons. The molecule has 1 N–H and O–H groups in total. The average Bonchev–Trinajstić information content (AvgIpc) is 2.82. The van der Waals surface area contributed by atoms with Gasteiger partial charge in [0.1, 0.15) is 11.5 Å². The standard InChI is InChI=1S/C25H26N2O4/c28-24(18-30-23-11-10-20-6-4-5-7-21(20)16-23)26-17-19-12-14-27(15-13-19)25(29)31-22-8-2-1-3-9-22/h1-11,16,19H,12-15,17-18H2,(H,26,28). The van der Waals surface area contributed by atoms with Gasteiger partial charge in [0.05, 0.1) is 0 Å². The van der Waals surface area contributed by atoms with Crippen LogP contribution in [0.1, 0.15) is 12.8 Å². The highest BCUT2D eigenvalue weighted by molar-refractivity contribution is 5.84. The van der Waals surface area contributed by atoms with Crippen molar-refractivity contribution >= 4 is 22.8 Å². The number of rotatable bonds is 6. The van der Waals surface area contributed by atoms with Crippen LogP contribution in [-0.2, 0) is 4.79 Å². The number of carbonyl (C=O) groups excluding carboxylic acids is 2. The zero-order valence-electron chi connectivity index (χ0n) is 17.3. The molecule has 31 heavy (non-hydrogen) atoms. The number of para-hydroxylation sites is 1. The Morgan fingerprint density at radius 3 is 2.35 bits per heavy atom. The summed E-state index contributed by atoms with van der Waals surface area (Å²) in [6, 6.07) is 22.9. The predicted octanol–water partition coefficient (Wildman–Crippen LogP) is 4.25. The van der Waals surface area contributed by atoms with Crippen LogP contribution in [-0.4, -0.2) is 43.1 Å². The molecule has 1 saturated heterocycles. The van der Waals surface area contributed by atoms with E-state index in [4.69, 9.17) is 9.47 Å². The van der Waals surface area contributed by atoms with E-state index in [1.54, 1.807) is 17.0 Å². The second-order valence-electron chi connectivity index (χ2n) is 7.71. The van der Waals surface area contributed by atoms with Crippen molar-refractivity contribution in [1.29, 1.82) is 0 Å². The summed E-state index contributed by atoms with van der Waals surface area (Å²) >= 11 is 0. The molecule has 0 spiro atoms. The third kappa shape index (κ3) is 5.75. The molecular formula is C25H26N2O4. The van der Waals surface area contributed by atoms with E-state index in [0.717, 1.165) is 23.6 Å². The smallest absolute Gasteiger partial charge is 0.415 e. The van der Waals surface area contributed by atoms with Gasteiger partial charge in [-0.05, 0) is 53.8 Å². The first kappa shape index (κ1) is 20.7. The van der Waals surface area contributed by atoms with Gasteiger partial charge in [-0.25, -0.2) is 4.79 Å². The topological polar surface area (TPSA) is 67.9 Å². The molecule has 0 unspecified atom stereocenters. The first-order valence-electron chi connectivity index (χ1n) is 10.6. The van der Waals surface area contributed by atoms with Crippen LogP contribution in [0.15, 0.2) is 72.8 Å². The molecule has 6 heteroatoms. The van der Waals surface area contributed by atoms with Gasteiger partial charge in [-0.15, -0.1) is 0 Å². The Labute approximate surface area is 181 Å². The lowest BCUT2D eigenvalue weighted by atomic mass is 9.97. The normalized spacial score (nSPS) is 14.3. The van der Waals surface area contributed by atoms with Gasteiger partial charge in [0, 0.05) is 19.6 Å². The van der Waals surface area contributed by atoms with Crippen LogP contribution in [0.3, 0.4) is 0 Å². The zero-order valence-corrected chi connectivity index (χ0v) is 17.3. The highest BCUT2D eigenvalue weighted by Crippen LogP contribution is 2.21. The molecule has 0 bridgehead atoms. The zero-order chi connectivity index (χ0) is 21.5. The number of fused-ring (bicyclic) bond motifs is 1. The van der Waals surface area contributed by atoms with Gasteiger partial charge in [-0.2, -0.15) is 0 Å². The SMILES string of the molecule is O=C(COc1ccc2ccccc2c1)NCC1CCN(C(=O)Oc2ccccc2)CC1. The van der Waals surface area contributed by atoms with Crippen molar-refractivity contribution in [2.75, 3.05) is 26.2 Å². The van der Waals surface area contributed by atoms with Crippen molar-refractivity contribution in [2.24, 2.45) is 5.92 Å². The Bertz CT molecular complexity index is 1030. The summed E-state index contributed by atoms with van der Waals surface area (Å²) in [7, 11) is 0. The lowest BCUT2D eigenvalue weighted by Crippen LogP contribution is -2.43. The Hall–Kier alpha value is -3.54. The minimum atomic E-state index is -0.322. The summed E-state index contributed by atoms with van der Waals surface area (Å²) in [5.74, 6) is 1.43. The van der Waals surface area contributed by atoms with Gasteiger partial charge in [-0.1, -0.05) is 48.5 Å². The summed E-state index contributed by atoms with van der Waals surface area (Å²) in [5, 5.41) is 5.16. The molecular weight excluding hydrogens is 392 g/mol. The number of nitrogens with one attached hydrogen (secondary N) is 1. The van der Waals surface area contributed by atoms with E-state index in [0.29, 0.717) is 37.1 Å². The molecule has 1 heterocycles. The lowest BCUT2D eigenvalue weighted by molar-refractivity contribution is -0.123. The van der Waals surface area contributed by atoms with E-state index in [1.165, 1.54) is 0 Å². The molecule has 1 aliphatic heterocycles. The van der Waals surface area contributed by atoms with Crippen molar-refractivity contribution in [3.8, 4) is 11.5 Å². The maximum absolute atomic E-state index is 12.3. The first-order chi connectivity index (χ1) is 15.2. The van der Waals surface area contributed by atoms with Crippen LogP contribution in [0, 0.1) is 5.92 Å². The van der Waals surface area contributed by atoms with Crippen LogP contribution in [0.5, 0.6) is 11.5 Å². The molecule has 0 atom stereocenters. The molecule has 6 nitrogen and oxygen atoms in total. The summed E-state index contributed by atoms with van der Waals surface area (Å²) in [5.41, 5.74) is 0. The largest absolute Gasteiger partial charge is 0.484 e. The van der Waals surface area contributed by atoms with Crippen LogP contribution < -0.4 is 14.8 Å². The van der Waals surface area contributed by atoms with Crippen LogP contribution in [0.2, 0.25) is 0 Å².